The molecular weight excluding hydrogens is 262 g/mol. The first kappa shape index (κ1) is 18.4. The fraction of sp³-hybridized carbons (Fsp3) is 0.857. The Balaban J connectivity index is 0.000000741. The smallest absolute Gasteiger partial charge is 0.235 e. The van der Waals surface area contributed by atoms with Crippen molar-refractivity contribution in [3.63, 3.8) is 0 Å². The van der Waals surface area contributed by atoms with Crippen molar-refractivity contribution in [2.75, 3.05) is 12.3 Å². The van der Waals surface area contributed by atoms with Gasteiger partial charge in [-0.15, -0.1) is 0 Å². The summed E-state index contributed by atoms with van der Waals surface area (Å²) < 4.78 is 5.51. The molecule has 0 aliphatic carbocycles. The maximum Gasteiger partial charge on any atom is 0.235 e. The van der Waals surface area contributed by atoms with Crippen molar-refractivity contribution in [3.8, 4) is 0 Å². The zero-order valence-corrected chi connectivity index (χ0v) is 13.7. The standard InChI is InChI=1S/C10H15NO3S.2C2H6/c1-5-7-8(6(2)14-5)10(13)11(3-4-15)9(7)12;2*1-2/h5-8,15H,3-4H2,1-2H3;2*1-2H3. The van der Waals surface area contributed by atoms with Crippen LogP contribution in [0.2, 0.25) is 0 Å². The summed E-state index contributed by atoms with van der Waals surface area (Å²) in [5.41, 5.74) is 0. The molecule has 5 heteroatoms. The molecule has 2 rings (SSSR count). The molecule has 4 unspecified atom stereocenters. The van der Waals surface area contributed by atoms with Gasteiger partial charge < -0.3 is 4.74 Å². The van der Waals surface area contributed by atoms with Crippen LogP contribution in [0.15, 0.2) is 0 Å². The first-order valence-electron chi connectivity index (χ1n) is 7.19. The van der Waals surface area contributed by atoms with Gasteiger partial charge in [0.15, 0.2) is 0 Å². The fourth-order valence-corrected chi connectivity index (χ4v) is 2.79. The first-order valence-corrected chi connectivity index (χ1v) is 7.82. The summed E-state index contributed by atoms with van der Waals surface area (Å²) in [6, 6.07) is 0. The third-order valence-corrected chi connectivity index (χ3v) is 3.45. The summed E-state index contributed by atoms with van der Waals surface area (Å²) in [5.74, 6) is -0.202. The molecule has 2 amide bonds. The molecule has 0 spiro atoms. The molecule has 2 aliphatic rings. The zero-order chi connectivity index (χ0) is 15.2. The normalized spacial score (nSPS) is 32.3. The summed E-state index contributed by atoms with van der Waals surface area (Å²) in [7, 11) is 0. The van der Waals surface area contributed by atoms with Crippen LogP contribution in [0.25, 0.3) is 0 Å². The van der Waals surface area contributed by atoms with E-state index in [1.165, 1.54) is 4.90 Å². The van der Waals surface area contributed by atoms with Gasteiger partial charge in [0, 0.05) is 12.3 Å². The van der Waals surface area contributed by atoms with Crippen LogP contribution < -0.4 is 0 Å². The van der Waals surface area contributed by atoms with Crippen molar-refractivity contribution in [1.29, 1.82) is 0 Å². The molecule has 112 valence electrons. The number of amides is 2. The Morgan fingerprint density at radius 1 is 1.00 bits per heavy atom. The van der Waals surface area contributed by atoms with Gasteiger partial charge in [-0.1, -0.05) is 27.7 Å². The highest BCUT2D eigenvalue weighted by Crippen LogP contribution is 2.39. The van der Waals surface area contributed by atoms with E-state index in [2.05, 4.69) is 12.6 Å². The zero-order valence-electron chi connectivity index (χ0n) is 12.8. The molecule has 0 aromatic rings. The summed E-state index contributed by atoms with van der Waals surface area (Å²) in [6.45, 7) is 12.1. The van der Waals surface area contributed by atoms with E-state index in [0.717, 1.165) is 0 Å². The molecule has 2 aliphatic heterocycles. The Hall–Kier alpha value is -0.550. The van der Waals surface area contributed by atoms with Gasteiger partial charge in [-0.25, -0.2) is 0 Å². The number of imide groups is 1. The lowest BCUT2D eigenvalue weighted by atomic mass is 9.91. The maximum atomic E-state index is 11.9. The molecule has 0 radical (unpaired) electrons. The molecule has 2 fully saturated rings. The van der Waals surface area contributed by atoms with Crippen LogP contribution in [0, 0.1) is 11.8 Å². The van der Waals surface area contributed by atoms with Gasteiger partial charge >= 0.3 is 0 Å². The minimum atomic E-state index is -0.271. The SMILES string of the molecule is CC.CC.CC1OC(C)C2C(=O)N(CCS)C(=O)C12. The molecule has 2 heterocycles. The Morgan fingerprint density at radius 3 is 1.68 bits per heavy atom. The van der Waals surface area contributed by atoms with Crippen molar-refractivity contribution in [1.82, 2.24) is 4.90 Å². The Morgan fingerprint density at radius 2 is 1.37 bits per heavy atom. The van der Waals surface area contributed by atoms with E-state index in [1.54, 1.807) is 0 Å². The van der Waals surface area contributed by atoms with Gasteiger partial charge in [-0.05, 0) is 13.8 Å². The quantitative estimate of drug-likeness (QED) is 0.627. The summed E-state index contributed by atoms with van der Waals surface area (Å²) >= 11 is 4.05. The molecule has 0 aromatic heterocycles. The highest BCUT2D eigenvalue weighted by atomic mass is 32.1. The predicted molar refractivity (Wildman–Crippen MR) is 80.3 cm³/mol. The molecule has 0 saturated carbocycles. The molecule has 4 atom stereocenters. The second kappa shape index (κ2) is 8.59. The lowest BCUT2D eigenvalue weighted by Crippen LogP contribution is -2.36. The van der Waals surface area contributed by atoms with Crippen molar-refractivity contribution < 1.29 is 14.3 Å². The van der Waals surface area contributed by atoms with Crippen LogP contribution in [0.4, 0.5) is 0 Å². The van der Waals surface area contributed by atoms with Crippen LogP contribution in [0.3, 0.4) is 0 Å². The Kier molecular flexibility index (Phi) is 8.34. The van der Waals surface area contributed by atoms with E-state index in [1.807, 2.05) is 41.5 Å². The van der Waals surface area contributed by atoms with Gasteiger partial charge in [-0.3, -0.25) is 14.5 Å². The average Bonchev–Trinajstić information content (AvgIpc) is 2.86. The Bertz CT molecular complexity index is 283. The lowest BCUT2D eigenvalue weighted by Gasteiger charge is -2.17. The van der Waals surface area contributed by atoms with Crippen LogP contribution in [-0.2, 0) is 14.3 Å². The molecule has 0 bridgehead atoms. The van der Waals surface area contributed by atoms with E-state index in [-0.39, 0.29) is 35.9 Å². The average molecular weight is 289 g/mol. The highest BCUT2D eigenvalue weighted by molar-refractivity contribution is 7.80. The summed E-state index contributed by atoms with van der Waals surface area (Å²) in [6.07, 6.45) is -0.294. The number of fused-ring (bicyclic) bond motifs is 1. The first-order chi connectivity index (χ1) is 9.07. The number of likely N-dealkylation sites (tertiary alicyclic amines) is 1. The number of carbonyl (C=O) groups is 2. The monoisotopic (exact) mass is 289 g/mol. The van der Waals surface area contributed by atoms with Crippen molar-refractivity contribution in [2.24, 2.45) is 11.8 Å². The number of ether oxygens (including phenoxy) is 1. The van der Waals surface area contributed by atoms with Crippen LogP contribution >= 0.6 is 12.6 Å². The Labute approximate surface area is 122 Å². The van der Waals surface area contributed by atoms with Crippen molar-refractivity contribution >= 4 is 24.4 Å². The van der Waals surface area contributed by atoms with Crippen molar-refractivity contribution in [3.05, 3.63) is 0 Å². The van der Waals surface area contributed by atoms with Crippen LogP contribution in [-0.4, -0.2) is 41.2 Å². The van der Waals surface area contributed by atoms with Gasteiger partial charge in [0.25, 0.3) is 0 Å². The van der Waals surface area contributed by atoms with Gasteiger partial charge in [0.05, 0.1) is 24.0 Å². The number of hydrogen-bond acceptors (Lipinski definition) is 4. The fourth-order valence-electron chi connectivity index (χ4n) is 2.59. The van der Waals surface area contributed by atoms with E-state index < -0.39 is 0 Å². The molecule has 2 saturated heterocycles. The van der Waals surface area contributed by atoms with Gasteiger partial charge in [0.2, 0.25) is 11.8 Å². The van der Waals surface area contributed by atoms with E-state index in [4.69, 9.17) is 4.74 Å². The number of thiol groups is 1. The second-order valence-electron chi connectivity index (χ2n) is 4.15. The van der Waals surface area contributed by atoms with Crippen molar-refractivity contribution in [2.45, 2.75) is 53.8 Å². The lowest BCUT2D eigenvalue weighted by molar-refractivity contribution is -0.142. The summed E-state index contributed by atoms with van der Waals surface area (Å²) in [4.78, 5) is 25.2. The molecule has 19 heavy (non-hydrogen) atoms. The third-order valence-electron chi connectivity index (χ3n) is 3.25. The van der Waals surface area contributed by atoms with E-state index in [0.29, 0.717) is 12.3 Å². The number of rotatable bonds is 2. The molecule has 4 nitrogen and oxygen atoms in total. The topological polar surface area (TPSA) is 46.6 Å². The summed E-state index contributed by atoms with van der Waals surface area (Å²) in [5, 5.41) is 0. The van der Waals surface area contributed by atoms with Gasteiger partial charge in [0.1, 0.15) is 0 Å². The minimum absolute atomic E-state index is 0.0871. The minimum Gasteiger partial charge on any atom is -0.374 e. The largest absolute Gasteiger partial charge is 0.374 e. The van der Waals surface area contributed by atoms with Crippen LogP contribution in [0.1, 0.15) is 41.5 Å². The van der Waals surface area contributed by atoms with E-state index >= 15 is 0 Å². The number of nitrogens with zero attached hydrogens (tertiary/aromatic N) is 1. The molecule has 0 aromatic carbocycles. The number of carbonyl (C=O) groups excluding carboxylic acids is 2. The highest BCUT2D eigenvalue weighted by Gasteiger charge is 2.56. The number of hydrogen-bond donors (Lipinski definition) is 1. The second-order valence-corrected chi connectivity index (χ2v) is 4.60. The van der Waals surface area contributed by atoms with Crippen LogP contribution in [0.5, 0.6) is 0 Å². The maximum absolute atomic E-state index is 11.9. The van der Waals surface area contributed by atoms with E-state index in [9.17, 15) is 9.59 Å². The van der Waals surface area contributed by atoms with Gasteiger partial charge in [-0.2, -0.15) is 12.6 Å². The predicted octanol–water partition coefficient (Wildman–Crippen LogP) is 2.38. The third kappa shape index (κ3) is 3.51. The molecular formula is C14H27NO3S. The molecule has 0 N–H and O–H groups in total.